The van der Waals surface area contributed by atoms with E-state index >= 15 is 0 Å². The third-order valence-electron chi connectivity index (χ3n) is 3.74. The molecule has 0 bridgehead atoms. The molecule has 4 heteroatoms. The Balaban J connectivity index is 1.95. The minimum atomic E-state index is 0.0492. The van der Waals surface area contributed by atoms with Gasteiger partial charge in [0.15, 0.2) is 5.78 Å². The first-order chi connectivity index (χ1) is 9.56. The highest BCUT2D eigenvalue weighted by molar-refractivity contribution is 7.17. The molecule has 3 rings (SSSR count). The molecule has 1 atom stereocenters. The molecule has 2 heterocycles. The maximum absolute atomic E-state index is 11.4. The first-order valence-electron chi connectivity index (χ1n) is 6.82. The van der Waals surface area contributed by atoms with Gasteiger partial charge in [0.25, 0.3) is 0 Å². The molecule has 0 radical (unpaired) electrons. The molecule has 1 aliphatic heterocycles. The fourth-order valence-corrected chi connectivity index (χ4v) is 3.58. The number of carbonyl (C=O) groups is 1. The van der Waals surface area contributed by atoms with Crippen molar-refractivity contribution >= 4 is 22.8 Å². The van der Waals surface area contributed by atoms with Crippen molar-refractivity contribution in [2.75, 3.05) is 11.4 Å². The molecule has 0 amide bonds. The number of nitrogens with zero attached hydrogens (tertiary/aromatic N) is 1. The smallest absolute Gasteiger partial charge is 0.169 e. The van der Waals surface area contributed by atoms with Crippen LogP contribution < -0.4 is 10.6 Å². The highest BCUT2D eigenvalue weighted by atomic mass is 32.1. The summed E-state index contributed by atoms with van der Waals surface area (Å²) in [5.41, 5.74) is 9.76. The van der Waals surface area contributed by atoms with E-state index in [2.05, 4.69) is 23.1 Å². The normalized spacial score (nSPS) is 15.2. The molecular formula is C16H18N2OS. The molecule has 0 saturated carbocycles. The van der Waals surface area contributed by atoms with Crippen LogP contribution >= 0.6 is 11.3 Å². The Morgan fingerprint density at radius 3 is 2.80 bits per heavy atom. The van der Waals surface area contributed by atoms with Crippen molar-refractivity contribution in [2.24, 2.45) is 5.73 Å². The number of thiophene rings is 1. The van der Waals surface area contributed by atoms with E-state index in [9.17, 15) is 4.79 Å². The fraction of sp³-hybridized carbons (Fsp3) is 0.312. The highest BCUT2D eigenvalue weighted by Gasteiger charge is 2.21. The number of nitrogens with two attached hydrogens (primary N) is 1. The zero-order valence-corrected chi connectivity index (χ0v) is 12.5. The van der Waals surface area contributed by atoms with Gasteiger partial charge in [-0.05, 0) is 55.7 Å². The van der Waals surface area contributed by atoms with Crippen molar-refractivity contribution in [1.29, 1.82) is 0 Å². The van der Waals surface area contributed by atoms with Crippen LogP contribution in [0.15, 0.2) is 30.3 Å². The number of anilines is 1. The number of rotatable bonds is 3. The Morgan fingerprint density at radius 2 is 2.15 bits per heavy atom. The minimum Gasteiger partial charge on any atom is -0.356 e. The van der Waals surface area contributed by atoms with Crippen LogP contribution in [0, 0.1) is 0 Å². The summed E-state index contributed by atoms with van der Waals surface area (Å²) in [5, 5.41) is 0. The summed E-state index contributed by atoms with van der Waals surface area (Å²) in [6.45, 7) is 4.61. The molecule has 0 aliphatic carbocycles. The van der Waals surface area contributed by atoms with Crippen LogP contribution in [0.5, 0.6) is 0 Å². The lowest BCUT2D eigenvalue weighted by atomic mass is 10.1. The number of carbonyl (C=O) groups excluding carboxylic acids is 1. The SMILES string of the molecule is CC(=O)c1ccc(-c2ccc3c(c2)CCN3C(C)N)s1. The van der Waals surface area contributed by atoms with Crippen molar-refractivity contribution in [3.8, 4) is 10.4 Å². The van der Waals surface area contributed by atoms with Crippen molar-refractivity contribution in [2.45, 2.75) is 26.4 Å². The van der Waals surface area contributed by atoms with Crippen molar-refractivity contribution in [3.05, 3.63) is 40.8 Å². The molecule has 1 aromatic carbocycles. The number of ketones is 1. The Morgan fingerprint density at radius 1 is 1.35 bits per heavy atom. The lowest BCUT2D eigenvalue weighted by molar-refractivity contribution is 0.102. The third-order valence-corrected chi connectivity index (χ3v) is 4.98. The van der Waals surface area contributed by atoms with Crippen molar-refractivity contribution < 1.29 is 4.79 Å². The minimum absolute atomic E-state index is 0.0492. The molecule has 0 fully saturated rings. The standard InChI is InChI=1S/C16H18N2OS/c1-10(19)15-5-6-16(20-15)13-3-4-14-12(9-13)7-8-18(14)11(2)17/h3-6,9,11H,7-8,17H2,1-2H3. The van der Waals surface area contributed by atoms with Crippen molar-refractivity contribution in [3.63, 3.8) is 0 Å². The van der Waals surface area contributed by atoms with Crippen LogP contribution in [0.25, 0.3) is 10.4 Å². The first kappa shape index (κ1) is 13.3. The number of benzene rings is 1. The summed E-state index contributed by atoms with van der Waals surface area (Å²) in [5.74, 6) is 0.130. The van der Waals surface area contributed by atoms with Gasteiger partial charge in [0.1, 0.15) is 0 Å². The van der Waals surface area contributed by atoms with E-state index < -0.39 is 0 Å². The maximum atomic E-state index is 11.4. The van der Waals surface area contributed by atoms with Gasteiger partial charge < -0.3 is 10.6 Å². The summed E-state index contributed by atoms with van der Waals surface area (Å²) in [7, 11) is 0. The fourth-order valence-electron chi connectivity index (χ4n) is 2.69. The number of fused-ring (bicyclic) bond motifs is 1. The molecule has 20 heavy (non-hydrogen) atoms. The zero-order valence-electron chi connectivity index (χ0n) is 11.7. The lowest BCUT2D eigenvalue weighted by Crippen LogP contribution is -2.38. The Labute approximate surface area is 123 Å². The Bertz CT molecular complexity index is 660. The van der Waals surface area contributed by atoms with E-state index in [0.29, 0.717) is 0 Å². The van der Waals surface area contributed by atoms with Gasteiger partial charge in [-0.25, -0.2) is 0 Å². The van der Waals surface area contributed by atoms with Gasteiger partial charge in [-0.1, -0.05) is 6.07 Å². The molecule has 2 N–H and O–H groups in total. The summed E-state index contributed by atoms with van der Waals surface area (Å²) in [4.78, 5) is 15.6. The molecule has 1 unspecified atom stereocenters. The number of hydrogen-bond acceptors (Lipinski definition) is 4. The van der Waals surface area contributed by atoms with E-state index in [1.807, 2.05) is 19.1 Å². The zero-order chi connectivity index (χ0) is 14.3. The molecular weight excluding hydrogens is 268 g/mol. The average Bonchev–Trinajstić information content (AvgIpc) is 3.04. The topological polar surface area (TPSA) is 46.3 Å². The van der Waals surface area contributed by atoms with E-state index in [-0.39, 0.29) is 11.9 Å². The third kappa shape index (κ3) is 2.25. The van der Waals surface area contributed by atoms with E-state index in [1.165, 1.54) is 16.8 Å². The predicted molar refractivity (Wildman–Crippen MR) is 84.5 cm³/mol. The molecule has 1 aliphatic rings. The van der Waals surface area contributed by atoms with Gasteiger partial charge in [0.05, 0.1) is 11.0 Å². The van der Waals surface area contributed by atoms with E-state index in [0.717, 1.165) is 22.7 Å². The van der Waals surface area contributed by atoms with Crippen LogP contribution in [0.3, 0.4) is 0 Å². The number of Topliss-reactive ketones (excluding diaryl/α,β-unsaturated/α-hetero) is 1. The van der Waals surface area contributed by atoms with E-state index in [4.69, 9.17) is 5.73 Å². The summed E-state index contributed by atoms with van der Waals surface area (Å²) in [6, 6.07) is 10.4. The first-order valence-corrected chi connectivity index (χ1v) is 7.64. The number of hydrogen-bond donors (Lipinski definition) is 1. The Kier molecular flexibility index (Phi) is 3.36. The van der Waals surface area contributed by atoms with Crippen LogP contribution in [-0.4, -0.2) is 18.5 Å². The van der Waals surface area contributed by atoms with Gasteiger partial charge in [-0.3, -0.25) is 4.79 Å². The van der Waals surface area contributed by atoms with Gasteiger partial charge in [-0.15, -0.1) is 11.3 Å². The largest absolute Gasteiger partial charge is 0.356 e. The average molecular weight is 286 g/mol. The summed E-state index contributed by atoms with van der Waals surface area (Å²) >= 11 is 1.56. The van der Waals surface area contributed by atoms with Crippen LogP contribution in [0.2, 0.25) is 0 Å². The van der Waals surface area contributed by atoms with Crippen LogP contribution in [0.1, 0.15) is 29.1 Å². The summed E-state index contributed by atoms with van der Waals surface area (Å²) < 4.78 is 0. The monoisotopic (exact) mass is 286 g/mol. The van der Waals surface area contributed by atoms with Crippen molar-refractivity contribution in [1.82, 2.24) is 0 Å². The lowest BCUT2D eigenvalue weighted by Gasteiger charge is -2.23. The maximum Gasteiger partial charge on any atom is 0.169 e. The molecule has 2 aromatic rings. The predicted octanol–water partition coefficient (Wildman–Crippen LogP) is 3.28. The quantitative estimate of drug-likeness (QED) is 0.881. The second-order valence-corrected chi connectivity index (χ2v) is 6.33. The molecule has 0 spiro atoms. The van der Waals surface area contributed by atoms with Gasteiger partial charge in [0.2, 0.25) is 0 Å². The van der Waals surface area contributed by atoms with Crippen LogP contribution in [0.4, 0.5) is 5.69 Å². The second kappa shape index (κ2) is 5.04. The van der Waals surface area contributed by atoms with Crippen LogP contribution in [-0.2, 0) is 6.42 Å². The summed E-state index contributed by atoms with van der Waals surface area (Å²) in [6.07, 6.45) is 1.09. The van der Waals surface area contributed by atoms with E-state index in [1.54, 1.807) is 18.3 Å². The van der Waals surface area contributed by atoms with Gasteiger partial charge >= 0.3 is 0 Å². The Hall–Kier alpha value is -1.65. The highest BCUT2D eigenvalue weighted by Crippen LogP contribution is 2.35. The molecule has 1 aromatic heterocycles. The second-order valence-electron chi connectivity index (χ2n) is 5.25. The van der Waals surface area contributed by atoms with Gasteiger partial charge in [-0.2, -0.15) is 0 Å². The van der Waals surface area contributed by atoms with Gasteiger partial charge in [0, 0.05) is 17.1 Å². The molecule has 104 valence electrons. The molecule has 3 nitrogen and oxygen atoms in total. The molecule has 0 saturated heterocycles.